The van der Waals surface area contributed by atoms with Gasteiger partial charge in [-0.2, -0.15) is 0 Å². The van der Waals surface area contributed by atoms with E-state index in [1.165, 1.54) is 5.56 Å². The van der Waals surface area contributed by atoms with Crippen LogP contribution in [0.4, 0.5) is 11.4 Å². The molecule has 3 nitrogen and oxygen atoms in total. The van der Waals surface area contributed by atoms with Crippen LogP contribution in [-0.2, 0) is 6.42 Å². The monoisotopic (exact) mass is 310 g/mol. The van der Waals surface area contributed by atoms with Crippen LogP contribution in [0.1, 0.15) is 5.56 Å². The molecule has 0 aliphatic rings. The first kappa shape index (κ1) is 14.8. The van der Waals surface area contributed by atoms with Gasteiger partial charge >= 0.3 is 0 Å². The van der Waals surface area contributed by atoms with Gasteiger partial charge in [-0.25, -0.2) is 0 Å². The summed E-state index contributed by atoms with van der Waals surface area (Å²) in [6.07, 6.45) is 0.879. The second kappa shape index (κ2) is 6.73. The van der Waals surface area contributed by atoms with Crippen LogP contribution in [0, 0.1) is 0 Å². The minimum atomic E-state index is 0.463. The van der Waals surface area contributed by atoms with E-state index < -0.39 is 0 Å². The lowest BCUT2D eigenvalue weighted by Crippen LogP contribution is -2.07. The lowest BCUT2D eigenvalue weighted by molar-refractivity contribution is 0.414. The van der Waals surface area contributed by atoms with Crippen molar-refractivity contribution in [2.45, 2.75) is 6.42 Å². The molecule has 0 aromatic heterocycles. The maximum absolute atomic E-state index is 5.97. The van der Waals surface area contributed by atoms with Crippen molar-refractivity contribution in [1.29, 1.82) is 0 Å². The zero-order valence-corrected chi connectivity index (χ0v) is 12.6. The van der Waals surface area contributed by atoms with Crippen LogP contribution in [-0.4, -0.2) is 13.7 Å². The highest BCUT2D eigenvalue weighted by Gasteiger charge is 2.04. The van der Waals surface area contributed by atoms with Crippen LogP contribution in [0.15, 0.2) is 36.4 Å². The molecule has 106 valence electrons. The van der Waals surface area contributed by atoms with E-state index in [-0.39, 0.29) is 0 Å². The predicted molar refractivity (Wildman–Crippen MR) is 86.1 cm³/mol. The lowest BCUT2D eigenvalue weighted by Gasteiger charge is -2.11. The normalized spacial score (nSPS) is 10.3. The van der Waals surface area contributed by atoms with Crippen molar-refractivity contribution >= 4 is 34.6 Å². The number of anilines is 2. The largest absolute Gasteiger partial charge is 0.497 e. The average molecular weight is 311 g/mol. The fraction of sp³-hybridized carbons (Fsp3) is 0.200. The molecule has 0 amide bonds. The number of rotatable bonds is 5. The molecule has 0 atom stereocenters. The van der Waals surface area contributed by atoms with E-state index in [1.807, 2.05) is 24.3 Å². The zero-order chi connectivity index (χ0) is 14.5. The van der Waals surface area contributed by atoms with Crippen molar-refractivity contribution < 1.29 is 4.74 Å². The van der Waals surface area contributed by atoms with Crippen LogP contribution in [0.25, 0.3) is 0 Å². The second-order valence-corrected chi connectivity index (χ2v) is 5.19. The summed E-state index contributed by atoms with van der Waals surface area (Å²) in [7, 11) is 1.66. The molecule has 0 heterocycles. The molecule has 0 spiro atoms. The van der Waals surface area contributed by atoms with Gasteiger partial charge in [0.05, 0.1) is 28.5 Å². The number of benzene rings is 2. The summed E-state index contributed by atoms with van der Waals surface area (Å²) in [4.78, 5) is 0. The average Bonchev–Trinajstić information content (AvgIpc) is 2.45. The third-order valence-corrected chi connectivity index (χ3v) is 3.70. The first-order valence-corrected chi connectivity index (χ1v) is 6.97. The fourth-order valence-electron chi connectivity index (χ4n) is 1.85. The molecule has 0 bridgehead atoms. The summed E-state index contributed by atoms with van der Waals surface area (Å²) in [5.74, 6) is 0.857. The summed E-state index contributed by atoms with van der Waals surface area (Å²) >= 11 is 11.9. The Morgan fingerprint density at radius 3 is 2.40 bits per heavy atom. The van der Waals surface area contributed by atoms with Gasteiger partial charge in [0.2, 0.25) is 0 Å². The number of methoxy groups -OCH3 is 1. The van der Waals surface area contributed by atoms with Gasteiger partial charge in [-0.15, -0.1) is 0 Å². The van der Waals surface area contributed by atoms with Gasteiger partial charge < -0.3 is 15.8 Å². The van der Waals surface area contributed by atoms with Crippen LogP contribution >= 0.6 is 23.2 Å². The highest BCUT2D eigenvalue weighted by molar-refractivity contribution is 6.42. The lowest BCUT2D eigenvalue weighted by atomic mass is 10.1. The van der Waals surface area contributed by atoms with Gasteiger partial charge in [0.15, 0.2) is 0 Å². The van der Waals surface area contributed by atoms with Gasteiger partial charge in [-0.3, -0.25) is 0 Å². The van der Waals surface area contributed by atoms with E-state index in [0.29, 0.717) is 15.7 Å². The number of hydrogen-bond donors (Lipinski definition) is 2. The van der Waals surface area contributed by atoms with Crippen LogP contribution in [0.5, 0.6) is 5.75 Å². The van der Waals surface area contributed by atoms with E-state index in [0.717, 1.165) is 24.4 Å². The third kappa shape index (κ3) is 3.71. The van der Waals surface area contributed by atoms with Crippen LogP contribution in [0.2, 0.25) is 10.0 Å². The molecule has 0 aliphatic carbocycles. The van der Waals surface area contributed by atoms with Crippen molar-refractivity contribution in [1.82, 2.24) is 0 Å². The topological polar surface area (TPSA) is 47.3 Å². The van der Waals surface area contributed by atoms with Gasteiger partial charge in [-0.1, -0.05) is 35.3 Å². The molecule has 0 radical (unpaired) electrons. The Morgan fingerprint density at radius 2 is 1.75 bits per heavy atom. The Balaban J connectivity index is 1.94. The third-order valence-electron chi connectivity index (χ3n) is 2.98. The summed E-state index contributed by atoms with van der Waals surface area (Å²) in [5, 5.41) is 4.21. The van der Waals surface area contributed by atoms with Crippen molar-refractivity contribution in [3.05, 3.63) is 52.0 Å². The number of hydrogen-bond acceptors (Lipinski definition) is 3. The highest BCUT2D eigenvalue weighted by Crippen LogP contribution is 2.30. The standard InChI is InChI=1S/C15H16Cl2N2O/c1-20-11-4-2-10(3-5-11)6-7-19-15-9-13(17)12(16)8-14(15)18/h2-5,8-9,19H,6-7,18H2,1H3. The van der Waals surface area contributed by atoms with E-state index in [4.69, 9.17) is 33.7 Å². The van der Waals surface area contributed by atoms with Gasteiger partial charge in [0.1, 0.15) is 5.75 Å². The van der Waals surface area contributed by atoms with Crippen molar-refractivity contribution in [2.24, 2.45) is 0 Å². The summed E-state index contributed by atoms with van der Waals surface area (Å²) < 4.78 is 5.12. The van der Waals surface area contributed by atoms with Crippen LogP contribution < -0.4 is 15.8 Å². The molecule has 2 rings (SSSR count). The Hall–Kier alpha value is -1.58. The van der Waals surface area contributed by atoms with Crippen molar-refractivity contribution in [2.75, 3.05) is 24.7 Å². The number of nitrogen functional groups attached to an aromatic ring is 1. The Kier molecular flexibility index (Phi) is 4.99. The molecule has 0 fully saturated rings. The van der Waals surface area contributed by atoms with Crippen LogP contribution in [0.3, 0.4) is 0 Å². The molecule has 0 saturated heterocycles. The fourth-order valence-corrected chi connectivity index (χ4v) is 2.18. The molecule has 3 N–H and O–H groups in total. The first-order chi connectivity index (χ1) is 9.60. The molecule has 0 aliphatic heterocycles. The summed E-state index contributed by atoms with van der Waals surface area (Å²) in [5.41, 5.74) is 8.50. The molecular weight excluding hydrogens is 295 g/mol. The quantitative estimate of drug-likeness (QED) is 0.812. The number of nitrogens with two attached hydrogens (primary N) is 1. The smallest absolute Gasteiger partial charge is 0.118 e. The maximum atomic E-state index is 5.97. The number of nitrogens with one attached hydrogen (secondary N) is 1. The van der Waals surface area contributed by atoms with Crippen molar-refractivity contribution in [3.63, 3.8) is 0 Å². The maximum Gasteiger partial charge on any atom is 0.118 e. The second-order valence-electron chi connectivity index (χ2n) is 4.38. The van der Waals surface area contributed by atoms with E-state index in [1.54, 1.807) is 19.2 Å². The molecule has 5 heteroatoms. The SMILES string of the molecule is COc1ccc(CCNc2cc(Cl)c(Cl)cc2N)cc1. The van der Waals surface area contributed by atoms with Crippen molar-refractivity contribution in [3.8, 4) is 5.75 Å². The summed E-state index contributed by atoms with van der Waals surface area (Å²) in [6, 6.07) is 11.4. The first-order valence-electron chi connectivity index (χ1n) is 6.21. The zero-order valence-electron chi connectivity index (χ0n) is 11.1. The van der Waals surface area contributed by atoms with Gasteiger partial charge in [0, 0.05) is 6.54 Å². The molecular formula is C15H16Cl2N2O. The van der Waals surface area contributed by atoms with E-state index in [2.05, 4.69) is 5.32 Å². The Labute approximate surface area is 128 Å². The van der Waals surface area contributed by atoms with Gasteiger partial charge in [0.25, 0.3) is 0 Å². The molecule has 2 aromatic carbocycles. The number of ether oxygens (including phenoxy) is 1. The number of halogens is 2. The molecule has 0 saturated carbocycles. The minimum absolute atomic E-state index is 0.463. The van der Waals surface area contributed by atoms with E-state index in [9.17, 15) is 0 Å². The molecule has 2 aromatic rings. The summed E-state index contributed by atoms with van der Waals surface area (Å²) in [6.45, 7) is 0.758. The molecule has 0 unspecified atom stereocenters. The Bertz CT molecular complexity index is 585. The predicted octanol–water partition coefficient (Wildman–Crippen LogP) is 4.24. The minimum Gasteiger partial charge on any atom is -0.497 e. The highest BCUT2D eigenvalue weighted by atomic mass is 35.5. The van der Waals surface area contributed by atoms with Gasteiger partial charge in [-0.05, 0) is 36.2 Å². The molecule has 20 heavy (non-hydrogen) atoms. The van der Waals surface area contributed by atoms with E-state index >= 15 is 0 Å². The Morgan fingerprint density at radius 1 is 1.10 bits per heavy atom.